The van der Waals surface area contributed by atoms with Crippen LogP contribution < -0.4 is 0 Å². The number of nitriles is 1. The van der Waals surface area contributed by atoms with Gasteiger partial charge < -0.3 is 0 Å². The van der Waals surface area contributed by atoms with Crippen LogP contribution in [-0.4, -0.2) is 0 Å². The minimum absolute atomic E-state index is 0.539. The summed E-state index contributed by atoms with van der Waals surface area (Å²) in [5.41, 5.74) is 2.11. The fourth-order valence-electron chi connectivity index (χ4n) is 2.07. The lowest BCUT2D eigenvalue weighted by Crippen LogP contribution is -1.94. The van der Waals surface area contributed by atoms with Crippen LogP contribution >= 0.6 is 0 Å². The maximum atomic E-state index is 9.07. The number of fused-ring (bicyclic) bond motifs is 1. The van der Waals surface area contributed by atoms with Gasteiger partial charge in [-0.1, -0.05) is 44.2 Å². The highest BCUT2D eigenvalue weighted by Crippen LogP contribution is 2.29. The number of hydrogen-bond donors (Lipinski definition) is 0. The average molecular weight is 209 g/mol. The third-order valence-electron chi connectivity index (χ3n) is 3.22. The molecule has 1 atom stereocenters. The van der Waals surface area contributed by atoms with Crippen LogP contribution in [0.25, 0.3) is 10.8 Å². The molecule has 0 amide bonds. The Balaban J connectivity index is 2.75. The maximum absolute atomic E-state index is 9.07. The van der Waals surface area contributed by atoms with Crippen LogP contribution in [0.3, 0.4) is 0 Å². The minimum Gasteiger partial charge on any atom is -0.192 e. The number of rotatable bonds is 2. The van der Waals surface area contributed by atoms with Crippen LogP contribution in [0.4, 0.5) is 0 Å². The summed E-state index contributed by atoms with van der Waals surface area (Å²) in [5.74, 6) is 0.539. The van der Waals surface area contributed by atoms with Gasteiger partial charge in [0.05, 0.1) is 11.6 Å². The van der Waals surface area contributed by atoms with Gasteiger partial charge in [-0.2, -0.15) is 5.26 Å². The van der Waals surface area contributed by atoms with Gasteiger partial charge in [-0.25, -0.2) is 0 Å². The van der Waals surface area contributed by atoms with Crippen LogP contribution in [0, 0.1) is 11.3 Å². The van der Waals surface area contributed by atoms with Crippen molar-refractivity contribution in [3.05, 3.63) is 47.5 Å². The molecular formula is C15H15N. The number of hydrogen-bond acceptors (Lipinski definition) is 1. The van der Waals surface area contributed by atoms with E-state index in [4.69, 9.17) is 5.26 Å². The van der Waals surface area contributed by atoms with Gasteiger partial charge in [-0.05, 0) is 34.7 Å². The molecule has 1 heteroatoms. The maximum Gasteiger partial charge on any atom is 0.0998 e. The third-order valence-corrected chi connectivity index (χ3v) is 3.22. The van der Waals surface area contributed by atoms with Gasteiger partial charge in [0.1, 0.15) is 0 Å². The zero-order valence-electron chi connectivity index (χ0n) is 9.70. The summed E-state index contributed by atoms with van der Waals surface area (Å²) in [7, 11) is 0. The van der Waals surface area contributed by atoms with E-state index in [9.17, 15) is 0 Å². The lowest BCUT2D eigenvalue weighted by molar-refractivity contribution is 0.739. The first-order valence-electron chi connectivity index (χ1n) is 5.69. The van der Waals surface area contributed by atoms with Crippen molar-refractivity contribution in [3.8, 4) is 6.07 Å². The average Bonchev–Trinajstić information content (AvgIpc) is 2.36. The molecule has 0 radical (unpaired) electrons. The van der Waals surface area contributed by atoms with E-state index in [-0.39, 0.29) is 0 Å². The second kappa shape index (κ2) is 4.37. The van der Waals surface area contributed by atoms with E-state index in [0.29, 0.717) is 5.92 Å². The molecule has 0 aliphatic carbocycles. The van der Waals surface area contributed by atoms with Gasteiger partial charge in [-0.15, -0.1) is 0 Å². The molecule has 1 nitrogen and oxygen atoms in total. The van der Waals surface area contributed by atoms with E-state index in [1.54, 1.807) is 0 Å². The summed E-state index contributed by atoms with van der Waals surface area (Å²) in [4.78, 5) is 0. The summed E-state index contributed by atoms with van der Waals surface area (Å²) in [6, 6.07) is 14.4. The molecule has 0 aliphatic rings. The molecule has 1 unspecified atom stereocenters. The predicted octanol–water partition coefficient (Wildman–Crippen LogP) is 4.22. The van der Waals surface area contributed by atoms with Gasteiger partial charge in [-0.3, -0.25) is 0 Å². The van der Waals surface area contributed by atoms with Crippen molar-refractivity contribution in [2.45, 2.75) is 26.2 Å². The Morgan fingerprint density at radius 1 is 1.12 bits per heavy atom. The van der Waals surface area contributed by atoms with Gasteiger partial charge in [0.2, 0.25) is 0 Å². The Morgan fingerprint density at radius 2 is 1.81 bits per heavy atom. The molecular weight excluding hydrogens is 194 g/mol. The molecule has 0 saturated heterocycles. The minimum atomic E-state index is 0.539. The zero-order chi connectivity index (χ0) is 11.5. The van der Waals surface area contributed by atoms with Crippen molar-refractivity contribution < 1.29 is 0 Å². The molecule has 2 aromatic carbocycles. The van der Waals surface area contributed by atoms with Crippen molar-refractivity contribution in [2.75, 3.05) is 0 Å². The molecule has 0 heterocycles. The summed E-state index contributed by atoms with van der Waals surface area (Å²) >= 11 is 0. The largest absolute Gasteiger partial charge is 0.192 e. The lowest BCUT2D eigenvalue weighted by atomic mass is 9.91. The Kier molecular flexibility index (Phi) is 2.92. The van der Waals surface area contributed by atoms with Gasteiger partial charge in [0.25, 0.3) is 0 Å². The standard InChI is InChI=1S/C15H15N/c1-3-11(2)13-9-8-12(10-16)14-6-4-5-7-15(13)14/h4-9,11H,3H2,1-2H3. The molecule has 0 aliphatic heterocycles. The Labute approximate surface area is 96.3 Å². The topological polar surface area (TPSA) is 23.8 Å². The van der Waals surface area contributed by atoms with Crippen molar-refractivity contribution in [2.24, 2.45) is 0 Å². The van der Waals surface area contributed by atoms with E-state index in [1.807, 2.05) is 24.3 Å². The SMILES string of the molecule is CCC(C)c1ccc(C#N)c2ccccc12. The van der Waals surface area contributed by atoms with Crippen molar-refractivity contribution in [1.82, 2.24) is 0 Å². The molecule has 2 aromatic rings. The Hall–Kier alpha value is -1.81. The van der Waals surface area contributed by atoms with Crippen LogP contribution in [0.1, 0.15) is 37.3 Å². The van der Waals surface area contributed by atoms with E-state index in [0.717, 1.165) is 17.4 Å². The van der Waals surface area contributed by atoms with Crippen molar-refractivity contribution >= 4 is 10.8 Å². The molecule has 0 fully saturated rings. The fourth-order valence-corrected chi connectivity index (χ4v) is 2.07. The highest BCUT2D eigenvalue weighted by Gasteiger charge is 2.09. The highest BCUT2D eigenvalue weighted by molar-refractivity contribution is 5.90. The molecule has 0 spiro atoms. The van der Waals surface area contributed by atoms with E-state index in [1.165, 1.54) is 10.9 Å². The molecule has 2 rings (SSSR count). The van der Waals surface area contributed by atoms with Crippen molar-refractivity contribution in [3.63, 3.8) is 0 Å². The van der Waals surface area contributed by atoms with Gasteiger partial charge in [0.15, 0.2) is 0 Å². The molecule has 0 aromatic heterocycles. The molecule has 0 bridgehead atoms. The molecule has 16 heavy (non-hydrogen) atoms. The Bertz CT molecular complexity index is 549. The first-order valence-corrected chi connectivity index (χ1v) is 5.69. The third kappa shape index (κ3) is 1.67. The smallest absolute Gasteiger partial charge is 0.0998 e. The van der Waals surface area contributed by atoms with Crippen LogP contribution in [0.2, 0.25) is 0 Å². The van der Waals surface area contributed by atoms with Crippen LogP contribution in [0.15, 0.2) is 36.4 Å². The first kappa shape index (κ1) is 10.7. The first-order chi connectivity index (χ1) is 7.77. The predicted molar refractivity (Wildman–Crippen MR) is 67.4 cm³/mol. The van der Waals surface area contributed by atoms with Crippen LogP contribution in [-0.2, 0) is 0 Å². The van der Waals surface area contributed by atoms with E-state index < -0.39 is 0 Å². The van der Waals surface area contributed by atoms with Gasteiger partial charge in [0, 0.05) is 0 Å². The van der Waals surface area contributed by atoms with E-state index >= 15 is 0 Å². The van der Waals surface area contributed by atoms with Crippen LogP contribution in [0.5, 0.6) is 0 Å². The molecule has 0 N–H and O–H groups in total. The quantitative estimate of drug-likeness (QED) is 0.726. The monoisotopic (exact) mass is 209 g/mol. The lowest BCUT2D eigenvalue weighted by Gasteiger charge is -2.13. The second-order valence-electron chi connectivity index (χ2n) is 4.17. The zero-order valence-corrected chi connectivity index (χ0v) is 9.70. The second-order valence-corrected chi connectivity index (χ2v) is 4.17. The van der Waals surface area contributed by atoms with E-state index in [2.05, 4.69) is 32.0 Å². The molecule has 80 valence electrons. The summed E-state index contributed by atoms with van der Waals surface area (Å²) in [6.07, 6.45) is 1.12. The fraction of sp³-hybridized carbons (Fsp3) is 0.267. The summed E-state index contributed by atoms with van der Waals surface area (Å²) < 4.78 is 0. The molecule has 0 saturated carbocycles. The summed E-state index contributed by atoms with van der Waals surface area (Å²) in [6.45, 7) is 4.42. The Morgan fingerprint density at radius 3 is 2.44 bits per heavy atom. The highest BCUT2D eigenvalue weighted by atomic mass is 14.2. The number of nitrogens with zero attached hydrogens (tertiary/aromatic N) is 1. The normalized spacial score (nSPS) is 12.3. The summed E-state index contributed by atoms with van der Waals surface area (Å²) in [5, 5.41) is 11.4. The number of benzene rings is 2. The van der Waals surface area contributed by atoms with Crippen molar-refractivity contribution in [1.29, 1.82) is 5.26 Å². The van der Waals surface area contributed by atoms with Gasteiger partial charge >= 0.3 is 0 Å².